The van der Waals surface area contributed by atoms with Crippen molar-refractivity contribution in [3.05, 3.63) is 0 Å². The smallest absolute Gasteiger partial charge is 0.320 e. The zero-order valence-electron chi connectivity index (χ0n) is 31.8. The summed E-state index contributed by atoms with van der Waals surface area (Å²) < 4.78 is 21.8. The van der Waals surface area contributed by atoms with Gasteiger partial charge < -0.3 is 45.5 Å². The van der Waals surface area contributed by atoms with Crippen molar-refractivity contribution < 1.29 is 48.3 Å². The number of aliphatic carboxylic acids is 2. The number of hydrogen-bond donors (Lipinski definition) is 5. The van der Waals surface area contributed by atoms with Crippen LogP contribution in [0.25, 0.3) is 0 Å². The molecule has 0 aliphatic rings. The first-order valence-corrected chi connectivity index (χ1v) is 19.8. The van der Waals surface area contributed by atoms with Gasteiger partial charge in [0.15, 0.2) is 0 Å². The van der Waals surface area contributed by atoms with Crippen molar-refractivity contribution in [3.63, 3.8) is 0 Å². The van der Waals surface area contributed by atoms with Gasteiger partial charge in [-0.25, -0.2) is 0 Å². The predicted octanol–water partition coefficient (Wildman–Crippen LogP) is 5.40. The highest BCUT2D eigenvalue weighted by Crippen LogP contribution is 2.12. The zero-order valence-corrected chi connectivity index (χ0v) is 31.8. The molecule has 0 bridgehead atoms. The largest absolute Gasteiger partial charge is 0.480 e. The normalized spacial score (nSPS) is 12.5. The summed E-state index contributed by atoms with van der Waals surface area (Å²) in [5.74, 6) is -1.97. The molecule has 2 atom stereocenters. The molecule has 0 aliphatic heterocycles. The molecule has 0 spiro atoms. The lowest BCUT2D eigenvalue weighted by Crippen LogP contribution is -2.37. The number of carboxylic acids is 2. The Morgan fingerprint density at radius 2 is 1.02 bits per heavy atom. The van der Waals surface area contributed by atoms with E-state index in [-0.39, 0.29) is 31.1 Å². The zero-order chi connectivity index (χ0) is 37.6. The Balaban J connectivity index is 3.50. The van der Waals surface area contributed by atoms with Gasteiger partial charge in [-0.2, -0.15) is 0 Å². The van der Waals surface area contributed by atoms with Crippen molar-refractivity contribution in [1.82, 2.24) is 10.6 Å². The number of rotatable bonds is 41. The van der Waals surface area contributed by atoms with Crippen LogP contribution in [-0.2, 0) is 38.1 Å². The number of amides is 1. The minimum absolute atomic E-state index is 0.0564. The van der Waals surface area contributed by atoms with Crippen LogP contribution in [0.2, 0.25) is 0 Å². The highest BCUT2D eigenvalue weighted by molar-refractivity contribution is 5.80. The second kappa shape index (κ2) is 37.6. The maximum atomic E-state index is 12.3. The summed E-state index contributed by atoms with van der Waals surface area (Å²) in [4.78, 5) is 46.3. The fraction of sp³-hybridized carbons (Fsp3) is 0.895. The van der Waals surface area contributed by atoms with Crippen molar-refractivity contribution in [2.45, 2.75) is 154 Å². The van der Waals surface area contributed by atoms with Gasteiger partial charge in [-0.05, 0) is 45.1 Å². The molecule has 6 N–H and O–H groups in total. The Hall–Kier alpha value is -2.16. The van der Waals surface area contributed by atoms with Crippen molar-refractivity contribution >= 4 is 23.6 Å². The van der Waals surface area contributed by atoms with Gasteiger partial charge in [-0.15, -0.1) is 0 Å². The lowest BCUT2D eigenvalue weighted by molar-refractivity contribution is -0.140. The predicted molar refractivity (Wildman–Crippen MR) is 199 cm³/mol. The molecule has 0 aliphatic carbocycles. The number of unbranched alkanes of at least 4 members (excludes halogenated alkanes) is 13. The first-order valence-electron chi connectivity index (χ1n) is 19.8. The highest BCUT2D eigenvalue weighted by atomic mass is 16.6. The Morgan fingerprint density at radius 3 is 1.55 bits per heavy atom. The van der Waals surface area contributed by atoms with E-state index in [1.807, 2.05) is 0 Å². The summed E-state index contributed by atoms with van der Waals surface area (Å²) in [6.45, 7) is 6.56. The molecule has 0 radical (unpaired) electrons. The first kappa shape index (κ1) is 48.8. The number of carbonyl (C=O) groups is 4. The molecule has 13 nitrogen and oxygen atoms in total. The summed E-state index contributed by atoms with van der Waals surface area (Å²) in [5, 5.41) is 24.1. The summed E-state index contributed by atoms with van der Waals surface area (Å²) in [6.07, 6.45) is 20.1. The third-order valence-electron chi connectivity index (χ3n) is 8.60. The molecule has 51 heavy (non-hydrogen) atoms. The van der Waals surface area contributed by atoms with E-state index < -0.39 is 24.0 Å². The molecular weight excluding hydrogens is 658 g/mol. The van der Waals surface area contributed by atoms with Crippen LogP contribution < -0.4 is 16.4 Å². The van der Waals surface area contributed by atoms with E-state index in [0.717, 1.165) is 12.8 Å². The van der Waals surface area contributed by atoms with E-state index in [1.165, 1.54) is 70.6 Å². The van der Waals surface area contributed by atoms with E-state index in [4.69, 9.17) is 29.8 Å². The Morgan fingerprint density at radius 1 is 0.529 bits per heavy atom. The van der Waals surface area contributed by atoms with Gasteiger partial charge in [0.05, 0.1) is 46.2 Å². The molecular formula is C38H73N3O10. The first-order chi connectivity index (χ1) is 24.8. The van der Waals surface area contributed by atoms with Crippen LogP contribution in [0.3, 0.4) is 0 Å². The fourth-order valence-electron chi connectivity index (χ4n) is 5.39. The number of nitrogens with two attached hydrogens (primary N) is 1. The lowest BCUT2D eigenvalue weighted by atomic mass is 10.0. The Bertz CT molecular complexity index is 849. The number of ether oxygens (including phenoxy) is 4. The minimum Gasteiger partial charge on any atom is -0.480 e. The maximum Gasteiger partial charge on any atom is 0.320 e. The van der Waals surface area contributed by atoms with Gasteiger partial charge in [0.2, 0.25) is 5.91 Å². The molecule has 0 saturated heterocycles. The summed E-state index contributed by atoms with van der Waals surface area (Å²) in [5.41, 5.74) is 5.44. The van der Waals surface area contributed by atoms with Crippen LogP contribution in [0.4, 0.5) is 0 Å². The molecule has 0 heterocycles. The minimum atomic E-state index is -1.01. The summed E-state index contributed by atoms with van der Waals surface area (Å²) in [7, 11) is 0. The number of Topliss-reactive ketones (excluding diaryl/α,β-unsaturated/α-hetero) is 1. The van der Waals surface area contributed by atoms with Crippen LogP contribution in [0.5, 0.6) is 0 Å². The summed E-state index contributed by atoms with van der Waals surface area (Å²) >= 11 is 0. The molecule has 1 amide bonds. The molecule has 0 aromatic heterocycles. The number of carboxylic acid groups (broad SMARTS) is 2. The number of nitrogens with one attached hydrogen (secondary N) is 2. The molecule has 0 saturated carbocycles. The molecule has 2 unspecified atom stereocenters. The quantitative estimate of drug-likeness (QED) is 0.0503. The number of carbonyl (C=O) groups excluding carboxylic acids is 2. The van der Waals surface area contributed by atoms with Crippen LogP contribution in [0.1, 0.15) is 142 Å². The van der Waals surface area contributed by atoms with Crippen LogP contribution in [0, 0.1) is 0 Å². The van der Waals surface area contributed by atoms with E-state index in [2.05, 4.69) is 17.6 Å². The van der Waals surface area contributed by atoms with E-state index in [9.17, 15) is 24.3 Å². The monoisotopic (exact) mass is 732 g/mol. The second-order valence-electron chi connectivity index (χ2n) is 13.3. The fourth-order valence-corrected chi connectivity index (χ4v) is 5.39. The Kier molecular flexibility index (Phi) is 36.0. The average Bonchev–Trinajstić information content (AvgIpc) is 3.10. The average molecular weight is 732 g/mol. The van der Waals surface area contributed by atoms with Gasteiger partial charge in [-0.3, -0.25) is 19.2 Å². The molecule has 300 valence electrons. The lowest BCUT2D eigenvalue weighted by Gasteiger charge is -2.14. The second-order valence-corrected chi connectivity index (χ2v) is 13.3. The molecule has 0 fully saturated rings. The van der Waals surface area contributed by atoms with Gasteiger partial charge in [0, 0.05) is 32.4 Å². The van der Waals surface area contributed by atoms with E-state index in [0.29, 0.717) is 97.9 Å². The van der Waals surface area contributed by atoms with Crippen LogP contribution in [-0.4, -0.2) is 112 Å². The molecule has 0 rings (SSSR count). The van der Waals surface area contributed by atoms with Crippen LogP contribution >= 0.6 is 0 Å². The Labute approximate surface area is 307 Å². The van der Waals surface area contributed by atoms with E-state index in [1.54, 1.807) is 0 Å². The maximum absolute atomic E-state index is 12.3. The topological polar surface area (TPSA) is 196 Å². The van der Waals surface area contributed by atoms with Gasteiger partial charge in [0.25, 0.3) is 0 Å². The van der Waals surface area contributed by atoms with Crippen molar-refractivity contribution in [1.29, 1.82) is 0 Å². The molecule has 0 aromatic rings. The van der Waals surface area contributed by atoms with Gasteiger partial charge in [-0.1, -0.05) is 84.0 Å². The van der Waals surface area contributed by atoms with E-state index >= 15 is 0 Å². The van der Waals surface area contributed by atoms with Gasteiger partial charge >= 0.3 is 11.9 Å². The number of ketones is 1. The third-order valence-corrected chi connectivity index (χ3v) is 8.60. The SMILES string of the molecule is CCCCCCCCCCCCCCCNC(CCC(=O)CCCOCCOCCOCCOCCC(=O)NCCCCC(N)C(=O)O)C(=O)O. The molecule has 0 aromatic carbocycles. The van der Waals surface area contributed by atoms with Crippen molar-refractivity contribution in [2.75, 3.05) is 65.9 Å². The highest BCUT2D eigenvalue weighted by Gasteiger charge is 2.17. The standard InChI is InChI=1S/C38H73N3O10/c1-2-3-4-5-6-7-8-9-10-11-12-13-15-23-40-35(38(46)47)21-20-33(42)18-17-25-48-27-29-50-31-32-51-30-28-49-26-22-36(43)41-24-16-14-19-34(39)37(44)45/h34-35,40H,2-32,39H2,1H3,(H,41,43)(H,44,45)(H,46,47). The number of hydrogen-bond acceptors (Lipinski definition) is 10. The third kappa shape index (κ3) is 36.0. The van der Waals surface area contributed by atoms with Crippen LogP contribution in [0.15, 0.2) is 0 Å². The summed E-state index contributed by atoms with van der Waals surface area (Å²) in [6, 6.07) is -1.54. The van der Waals surface area contributed by atoms with Gasteiger partial charge in [0.1, 0.15) is 17.9 Å². The van der Waals surface area contributed by atoms with Crippen molar-refractivity contribution in [3.8, 4) is 0 Å². The molecule has 13 heteroatoms. The van der Waals surface area contributed by atoms with Crippen molar-refractivity contribution in [2.24, 2.45) is 5.73 Å².